The number of pyridine rings is 1. The minimum atomic E-state index is -0.358. The van der Waals surface area contributed by atoms with Gasteiger partial charge in [0.25, 0.3) is 5.91 Å². The zero-order valence-electron chi connectivity index (χ0n) is 15.4. The third kappa shape index (κ3) is 5.90. The van der Waals surface area contributed by atoms with Gasteiger partial charge < -0.3 is 15.5 Å². The summed E-state index contributed by atoms with van der Waals surface area (Å²) in [6, 6.07) is 8.68. The van der Waals surface area contributed by atoms with Crippen LogP contribution in [0.1, 0.15) is 16.1 Å². The molecule has 10 heteroatoms. The molecule has 0 aliphatic rings. The molecule has 0 aliphatic heterocycles. The maximum Gasteiger partial charge on any atom is 0.273 e. The average molecular weight is 450 g/mol. The lowest BCUT2D eigenvalue weighted by Crippen LogP contribution is -2.38. The Hall–Kier alpha value is -2.68. The number of carbonyl (C=O) groups is 2. The van der Waals surface area contributed by atoms with Crippen molar-refractivity contribution >= 4 is 57.2 Å². The van der Waals surface area contributed by atoms with Crippen molar-refractivity contribution in [2.75, 3.05) is 18.9 Å². The van der Waals surface area contributed by atoms with E-state index in [1.54, 1.807) is 49.1 Å². The smallest absolute Gasteiger partial charge is 0.273 e. The quantitative estimate of drug-likeness (QED) is 0.569. The summed E-state index contributed by atoms with van der Waals surface area (Å²) in [4.78, 5) is 34.2. The van der Waals surface area contributed by atoms with Crippen molar-refractivity contribution in [1.82, 2.24) is 20.2 Å². The van der Waals surface area contributed by atoms with Crippen LogP contribution in [0.15, 0.2) is 48.1 Å². The maximum absolute atomic E-state index is 12.5. The Morgan fingerprint density at radius 2 is 2.07 bits per heavy atom. The number of benzene rings is 1. The van der Waals surface area contributed by atoms with Crippen LogP contribution in [0, 0.1) is 0 Å². The highest BCUT2D eigenvalue weighted by Crippen LogP contribution is 2.29. The summed E-state index contributed by atoms with van der Waals surface area (Å²) in [6.07, 6.45) is 3.33. The van der Waals surface area contributed by atoms with Gasteiger partial charge in [-0.15, -0.1) is 11.3 Å². The summed E-state index contributed by atoms with van der Waals surface area (Å²) < 4.78 is 0. The zero-order valence-corrected chi connectivity index (χ0v) is 17.7. The van der Waals surface area contributed by atoms with E-state index in [2.05, 4.69) is 20.6 Å². The lowest BCUT2D eigenvalue weighted by molar-refractivity contribution is -0.121. The first-order chi connectivity index (χ1) is 13.9. The van der Waals surface area contributed by atoms with E-state index in [1.807, 2.05) is 6.07 Å². The molecule has 3 aromatic rings. The molecule has 0 unspecified atom stereocenters. The number of likely N-dealkylation sites (N-methyl/N-ethyl adjacent to an activating group) is 1. The molecule has 3 rings (SSSR count). The summed E-state index contributed by atoms with van der Waals surface area (Å²) in [5, 5.41) is 8.92. The minimum Gasteiger partial charge on any atom is -0.350 e. The third-order valence-corrected chi connectivity index (χ3v) is 5.16. The number of thiazole rings is 1. The molecule has 0 fully saturated rings. The largest absolute Gasteiger partial charge is 0.350 e. The predicted molar refractivity (Wildman–Crippen MR) is 115 cm³/mol. The Labute approximate surface area is 181 Å². The van der Waals surface area contributed by atoms with Gasteiger partial charge in [0.1, 0.15) is 5.69 Å². The van der Waals surface area contributed by atoms with Gasteiger partial charge >= 0.3 is 0 Å². The molecular weight excluding hydrogens is 433 g/mol. The Morgan fingerprint density at radius 3 is 2.83 bits per heavy atom. The van der Waals surface area contributed by atoms with Crippen LogP contribution in [0.25, 0.3) is 0 Å². The van der Waals surface area contributed by atoms with Gasteiger partial charge in [0.2, 0.25) is 5.91 Å². The molecule has 7 nitrogen and oxygen atoms in total. The molecule has 2 N–H and O–H groups in total. The van der Waals surface area contributed by atoms with Crippen molar-refractivity contribution in [3.63, 3.8) is 0 Å². The van der Waals surface area contributed by atoms with Gasteiger partial charge in [-0.2, -0.15) is 0 Å². The number of nitrogens with one attached hydrogen (secondary N) is 2. The number of nitrogens with zero attached hydrogens (tertiary/aromatic N) is 3. The van der Waals surface area contributed by atoms with E-state index in [-0.39, 0.29) is 24.1 Å². The van der Waals surface area contributed by atoms with E-state index in [4.69, 9.17) is 23.2 Å². The number of anilines is 2. The molecule has 29 heavy (non-hydrogen) atoms. The number of hydrogen-bond acceptors (Lipinski definition) is 6. The number of aromatic nitrogens is 2. The Balaban J connectivity index is 1.56. The summed E-state index contributed by atoms with van der Waals surface area (Å²) >= 11 is 13.4. The highest BCUT2D eigenvalue weighted by molar-refractivity contribution is 7.14. The van der Waals surface area contributed by atoms with Gasteiger partial charge in [0.15, 0.2) is 5.13 Å². The second-order valence-corrected chi connectivity index (χ2v) is 7.79. The van der Waals surface area contributed by atoms with Crippen molar-refractivity contribution in [1.29, 1.82) is 0 Å². The van der Waals surface area contributed by atoms with E-state index < -0.39 is 0 Å². The molecule has 2 aromatic heterocycles. The third-order valence-electron chi connectivity index (χ3n) is 3.83. The first-order valence-corrected chi connectivity index (χ1v) is 10.1. The summed E-state index contributed by atoms with van der Waals surface area (Å²) in [5.41, 5.74) is 1.71. The van der Waals surface area contributed by atoms with E-state index in [0.29, 0.717) is 27.4 Å². The van der Waals surface area contributed by atoms with Crippen LogP contribution < -0.4 is 10.6 Å². The average Bonchev–Trinajstić information content (AvgIpc) is 3.18. The molecule has 1 aromatic carbocycles. The van der Waals surface area contributed by atoms with Crippen LogP contribution in [0.3, 0.4) is 0 Å². The molecular formula is C19H17Cl2N5O2S. The topological polar surface area (TPSA) is 87.2 Å². The molecule has 0 atom stereocenters. The van der Waals surface area contributed by atoms with Crippen molar-refractivity contribution in [2.45, 2.75) is 6.54 Å². The number of rotatable bonds is 7. The number of carbonyl (C=O) groups excluding carboxylic acids is 2. The van der Waals surface area contributed by atoms with E-state index in [9.17, 15) is 9.59 Å². The lowest BCUT2D eigenvalue weighted by Gasteiger charge is -2.15. The van der Waals surface area contributed by atoms with Crippen LogP contribution in [0.4, 0.5) is 10.8 Å². The second kappa shape index (κ2) is 9.69. The molecule has 0 saturated carbocycles. The SMILES string of the molecule is CN(CC(=O)NCc1cccnc1)C(=O)c1csc(Nc2cc(Cl)ccc2Cl)n1. The van der Waals surface area contributed by atoms with E-state index in [0.717, 1.165) is 5.56 Å². The summed E-state index contributed by atoms with van der Waals surface area (Å²) in [5.74, 6) is -0.632. The van der Waals surface area contributed by atoms with Gasteiger partial charge in [0.05, 0.1) is 17.3 Å². The molecule has 150 valence electrons. The van der Waals surface area contributed by atoms with Crippen LogP contribution in [-0.2, 0) is 11.3 Å². The fourth-order valence-electron chi connectivity index (χ4n) is 2.38. The Morgan fingerprint density at radius 1 is 1.24 bits per heavy atom. The zero-order chi connectivity index (χ0) is 20.8. The van der Waals surface area contributed by atoms with E-state index in [1.165, 1.54) is 16.2 Å². The van der Waals surface area contributed by atoms with Crippen LogP contribution in [0.5, 0.6) is 0 Å². The van der Waals surface area contributed by atoms with Crippen molar-refractivity contribution < 1.29 is 9.59 Å². The van der Waals surface area contributed by atoms with Gasteiger partial charge in [-0.05, 0) is 29.8 Å². The Kier molecular flexibility index (Phi) is 7.03. The van der Waals surface area contributed by atoms with Crippen LogP contribution in [-0.4, -0.2) is 40.3 Å². The van der Waals surface area contributed by atoms with Gasteiger partial charge in [0, 0.05) is 36.4 Å². The standard InChI is InChI=1S/C19H17Cl2N5O2S/c1-26(10-17(27)23-9-12-3-2-6-22-8-12)18(28)16-11-29-19(25-16)24-15-7-13(20)4-5-14(15)21/h2-8,11H,9-10H2,1H3,(H,23,27)(H,24,25). The van der Waals surface area contributed by atoms with Crippen molar-refractivity contribution in [3.05, 3.63) is 69.4 Å². The first kappa shape index (κ1) is 21.0. The molecule has 2 heterocycles. The minimum absolute atomic E-state index is 0.0838. The molecule has 0 spiro atoms. The fraction of sp³-hybridized carbons (Fsp3) is 0.158. The highest BCUT2D eigenvalue weighted by atomic mass is 35.5. The molecule has 0 aliphatic carbocycles. The summed E-state index contributed by atoms with van der Waals surface area (Å²) in [6.45, 7) is 0.263. The Bertz CT molecular complexity index is 1010. The van der Waals surface area contributed by atoms with Crippen molar-refractivity contribution in [3.8, 4) is 0 Å². The van der Waals surface area contributed by atoms with Gasteiger partial charge in [-0.25, -0.2) is 4.98 Å². The molecule has 2 amide bonds. The number of amides is 2. The highest BCUT2D eigenvalue weighted by Gasteiger charge is 2.18. The second-order valence-electron chi connectivity index (χ2n) is 6.09. The van der Waals surface area contributed by atoms with Crippen LogP contribution in [0.2, 0.25) is 10.0 Å². The van der Waals surface area contributed by atoms with E-state index >= 15 is 0 Å². The normalized spacial score (nSPS) is 10.4. The van der Waals surface area contributed by atoms with Gasteiger partial charge in [-0.1, -0.05) is 29.3 Å². The first-order valence-electron chi connectivity index (χ1n) is 8.51. The lowest BCUT2D eigenvalue weighted by atomic mass is 10.3. The fourth-order valence-corrected chi connectivity index (χ4v) is 3.41. The molecule has 0 bridgehead atoms. The van der Waals surface area contributed by atoms with Crippen molar-refractivity contribution in [2.24, 2.45) is 0 Å². The monoisotopic (exact) mass is 449 g/mol. The number of hydrogen-bond donors (Lipinski definition) is 2. The van der Waals surface area contributed by atoms with Gasteiger partial charge in [-0.3, -0.25) is 14.6 Å². The van der Waals surface area contributed by atoms with Crippen LogP contribution >= 0.6 is 34.5 Å². The number of halogens is 2. The molecule has 0 saturated heterocycles. The predicted octanol–water partition coefficient (Wildman–Crippen LogP) is 3.98. The molecule has 0 radical (unpaired) electrons. The summed E-state index contributed by atoms with van der Waals surface area (Å²) in [7, 11) is 1.55. The maximum atomic E-state index is 12.5.